The number of nitrogens with one attached hydrogen (secondary N) is 3. The van der Waals surface area contributed by atoms with Crippen molar-refractivity contribution in [2.45, 2.75) is 32.9 Å². The average molecular weight is 552 g/mol. The van der Waals surface area contributed by atoms with Crippen LogP contribution in [-0.4, -0.2) is 56.6 Å². The summed E-state index contributed by atoms with van der Waals surface area (Å²) in [5, 5.41) is 14.5. The standard InChI is InChI=1S/C26H25F2N7OS.C2H6/c1-30-21-11-17(27)7-8-19(21)23(29)22-12-31-25-24(33-22)20(15-35(25)37-28)26(36)32-18-9-10-34(14-18)13-16-5-3-2-4-6-16;1-2/h2-8,11-12,15,18,29-30H,9-10,13-14H2,1H3,(H,32,36);1-2H3/t18-;/m1./s1. The van der Waals surface area contributed by atoms with Gasteiger partial charge in [0.25, 0.3) is 5.91 Å². The van der Waals surface area contributed by atoms with E-state index in [1.54, 1.807) is 7.05 Å². The van der Waals surface area contributed by atoms with Gasteiger partial charge < -0.3 is 10.6 Å². The Labute approximate surface area is 230 Å². The molecule has 11 heteroatoms. The van der Waals surface area contributed by atoms with Crippen molar-refractivity contribution in [1.82, 2.24) is 24.2 Å². The van der Waals surface area contributed by atoms with Gasteiger partial charge in [-0.3, -0.25) is 15.1 Å². The predicted molar refractivity (Wildman–Crippen MR) is 152 cm³/mol. The van der Waals surface area contributed by atoms with Gasteiger partial charge in [0, 0.05) is 50.2 Å². The first-order valence-electron chi connectivity index (χ1n) is 12.8. The normalized spacial score (nSPS) is 15.1. The molecule has 1 saturated heterocycles. The Bertz CT molecular complexity index is 1460. The third kappa shape index (κ3) is 6.26. The molecular formula is C28H31F2N7OS. The molecule has 0 unspecified atom stereocenters. The minimum absolute atomic E-state index is 0.00175. The quantitative estimate of drug-likeness (QED) is 0.252. The van der Waals surface area contributed by atoms with Gasteiger partial charge in [-0.05, 0) is 30.2 Å². The summed E-state index contributed by atoms with van der Waals surface area (Å²) < 4.78 is 28.4. The molecular weight excluding hydrogens is 520 g/mol. The number of nitrogens with zero attached hydrogens (tertiary/aromatic N) is 4. The Kier molecular flexibility index (Phi) is 9.26. The van der Waals surface area contributed by atoms with E-state index in [2.05, 4.69) is 37.6 Å². The largest absolute Gasteiger partial charge is 0.387 e. The Morgan fingerprint density at radius 2 is 1.95 bits per heavy atom. The summed E-state index contributed by atoms with van der Waals surface area (Å²) in [5.74, 6) is -0.812. The molecule has 0 aliphatic carbocycles. The summed E-state index contributed by atoms with van der Waals surface area (Å²) in [5.41, 5.74) is 2.79. The van der Waals surface area contributed by atoms with Crippen molar-refractivity contribution >= 4 is 40.8 Å². The molecule has 1 aliphatic heterocycles. The zero-order valence-electron chi connectivity index (χ0n) is 22.0. The maximum Gasteiger partial charge on any atom is 0.255 e. The molecule has 39 heavy (non-hydrogen) atoms. The van der Waals surface area contributed by atoms with Crippen LogP contribution in [0, 0.1) is 11.2 Å². The van der Waals surface area contributed by atoms with E-state index >= 15 is 0 Å². The van der Waals surface area contributed by atoms with Crippen LogP contribution in [0.2, 0.25) is 0 Å². The number of fused-ring (bicyclic) bond motifs is 1. The molecule has 0 spiro atoms. The van der Waals surface area contributed by atoms with E-state index in [1.165, 1.54) is 36.2 Å². The van der Waals surface area contributed by atoms with E-state index in [4.69, 9.17) is 5.41 Å². The monoisotopic (exact) mass is 551 g/mol. The maximum absolute atomic E-state index is 13.7. The van der Waals surface area contributed by atoms with Crippen LogP contribution in [0.3, 0.4) is 0 Å². The van der Waals surface area contributed by atoms with Crippen molar-refractivity contribution in [3.63, 3.8) is 0 Å². The van der Waals surface area contributed by atoms with Crippen LogP contribution < -0.4 is 10.6 Å². The first-order valence-corrected chi connectivity index (χ1v) is 13.4. The van der Waals surface area contributed by atoms with Gasteiger partial charge in [-0.2, -0.15) is 0 Å². The van der Waals surface area contributed by atoms with Gasteiger partial charge in [0.2, 0.25) is 0 Å². The molecule has 5 rings (SSSR count). The van der Waals surface area contributed by atoms with Crippen LogP contribution in [0.5, 0.6) is 0 Å². The topological polar surface area (TPSA) is 98.9 Å². The van der Waals surface area contributed by atoms with Gasteiger partial charge >= 0.3 is 0 Å². The molecule has 0 bridgehead atoms. The number of rotatable bonds is 8. The van der Waals surface area contributed by atoms with Crippen LogP contribution in [0.25, 0.3) is 11.2 Å². The number of amides is 1. The van der Waals surface area contributed by atoms with Crippen molar-refractivity contribution in [3.05, 3.63) is 89.1 Å². The van der Waals surface area contributed by atoms with Gasteiger partial charge in [-0.25, -0.2) is 18.3 Å². The molecule has 2 aromatic heterocycles. The fraction of sp³-hybridized carbons (Fsp3) is 0.286. The number of carbonyl (C=O) groups is 1. The van der Waals surface area contributed by atoms with Crippen LogP contribution in [0.4, 0.5) is 14.0 Å². The van der Waals surface area contributed by atoms with Crippen molar-refractivity contribution in [2.24, 2.45) is 0 Å². The maximum atomic E-state index is 13.7. The summed E-state index contributed by atoms with van der Waals surface area (Å²) in [6.07, 6.45) is 3.51. The van der Waals surface area contributed by atoms with Gasteiger partial charge in [0.05, 0.1) is 17.5 Å². The summed E-state index contributed by atoms with van der Waals surface area (Å²) in [7, 11) is 1.63. The number of halogens is 2. The third-order valence-electron chi connectivity index (χ3n) is 6.42. The molecule has 0 radical (unpaired) electrons. The second-order valence-electron chi connectivity index (χ2n) is 8.86. The van der Waals surface area contributed by atoms with Crippen LogP contribution in [0.1, 0.15) is 47.4 Å². The number of benzene rings is 2. The fourth-order valence-electron chi connectivity index (χ4n) is 4.58. The average Bonchev–Trinajstić information content (AvgIpc) is 3.57. The van der Waals surface area contributed by atoms with Gasteiger partial charge in [-0.15, -0.1) is 3.89 Å². The molecule has 4 aromatic rings. The Morgan fingerprint density at radius 3 is 2.67 bits per heavy atom. The summed E-state index contributed by atoms with van der Waals surface area (Å²) in [6.45, 7) is 6.37. The van der Waals surface area contributed by atoms with Crippen molar-refractivity contribution in [3.8, 4) is 0 Å². The van der Waals surface area contributed by atoms with Gasteiger partial charge in [0.1, 0.15) is 17.0 Å². The van der Waals surface area contributed by atoms with E-state index in [1.807, 2.05) is 32.0 Å². The minimum Gasteiger partial charge on any atom is -0.387 e. The number of likely N-dealkylation sites (tertiary alicyclic amines) is 1. The smallest absolute Gasteiger partial charge is 0.255 e. The SMILES string of the molecule is CC.CNc1cc(F)ccc1C(=N)c1cnc2c(n1)c(C(=O)N[C@@H]1CCN(Cc3ccccc3)C1)cn2SF. The Hall–Kier alpha value is -3.83. The second-order valence-corrected chi connectivity index (χ2v) is 9.39. The van der Waals surface area contributed by atoms with E-state index in [0.29, 0.717) is 17.8 Å². The molecule has 1 fully saturated rings. The lowest BCUT2D eigenvalue weighted by Crippen LogP contribution is -2.37. The molecule has 3 heterocycles. The first kappa shape index (κ1) is 28.2. The summed E-state index contributed by atoms with van der Waals surface area (Å²) >= 11 is -0.0802. The Morgan fingerprint density at radius 1 is 1.18 bits per heavy atom. The minimum atomic E-state index is -0.437. The molecule has 1 amide bonds. The van der Waals surface area contributed by atoms with E-state index in [-0.39, 0.29) is 52.4 Å². The number of carbonyl (C=O) groups excluding carboxylic acids is 1. The predicted octanol–water partition coefficient (Wildman–Crippen LogP) is 5.44. The molecule has 0 saturated carbocycles. The second kappa shape index (κ2) is 12.8. The van der Waals surface area contributed by atoms with Crippen molar-refractivity contribution in [1.29, 1.82) is 5.41 Å². The lowest BCUT2D eigenvalue weighted by molar-refractivity contribution is 0.0939. The van der Waals surface area contributed by atoms with Crippen molar-refractivity contribution in [2.75, 3.05) is 25.5 Å². The zero-order valence-corrected chi connectivity index (χ0v) is 22.9. The van der Waals surface area contributed by atoms with E-state index < -0.39 is 5.82 Å². The lowest BCUT2D eigenvalue weighted by atomic mass is 10.1. The zero-order chi connectivity index (χ0) is 27.9. The molecule has 2 aromatic carbocycles. The molecule has 3 N–H and O–H groups in total. The lowest BCUT2D eigenvalue weighted by Gasteiger charge is -2.16. The van der Waals surface area contributed by atoms with Crippen LogP contribution in [0.15, 0.2) is 60.9 Å². The number of anilines is 1. The number of aromatic nitrogens is 3. The summed E-state index contributed by atoms with van der Waals surface area (Å²) in [4.78, 5) is 24.3. The highest BCUT2D eigenvalue weighted by Crippen LogP contribution is 2.26. The third-order valence-corrected chi connectivity index (χ3v) is 6.84. The Balaban J connectivity index is 0.00000172. The van der Waals surface area contributed by atoms with E-state index in [0.717, 1.165) is 23.5 Å². The molecule has 1 aliphatic rings. The van der Waals surface area contributed by atoms with Crippen LogP contribution in [-0.2, 0) is 6.54 Å². The van der Waals surface area contributed by atoms with E-state index in [9.17, 15) is 13.1 Å². The number of hydrogen-bond acceptors (Lipinski definition) is 7. The highest BCUT2D eigenvalue weighted by atomic mass is 32.2. The van der Waals surface area contributed by atoms with Gasteiger partial charge in [0.15, 0.2) is 18.0 Å². The molecule has 8 nitrogen and oxygen atoms in total. The fourth-order valence-corrected chi connectivity index (χ4v) is 4.93. The molecule has 204 valence electrons. The first-order chi connectivity index (χ1) is 19.0. The molecule has 1 atom stereocenters. The highest BCUT2D eigenvalue weighted by molar-refractivity contribution is 7.92. The van der Waals surface area contributed by atoms with Crippen molar-refractivity contribution < 1.29 is 13.1 Å². The number of hydrogen-bond donors (Lipinski definition) is 3. The van der Waals surface area contributed by atoms with Crippen LogP contribution >= 0.6 is 12.3 Å². The summed E-state index contributed by atoms with van der Waals surface area (Å²) in [6, 6.07) is 14.1. The highest BCUT2D eigenvalue weighted by Gasteiger charge is 2.27. The van der Waals surface area contributed by atoms with Gasteiger partial charge in [-0.1, -0.05) is 44.2 Å².